The third kappa shape index (κ3) is 5.46. The molecule has 0 aromatic heterocycles. The molecule has 4 rings (SSSR count). The van der Waals surface area contributed by atoms with Crippen molar-refractivity contribution in [2.75, 3.05) is 13.2 Å². The van der Waals surface area contributed by atoms with Crippen molar-refractivity contribution < 1.29 is 54.4 Å². The smallest absolute Gasteiger partial charge is 0.334 e. The molecule has 2 aliphatic heterocycles. The number of aliphatic hydroxyl groups excluding tert-OH is 5. The molecule has 0 bridgehead atoms. The predicted octanol–water partition coefficient (Wildman–Crippen LogP) is -0.450. The van der Waals surface area contributed by atoms with Crippen LogP contribution in [0.15, 0.2) is 23.5 Å². The maximum atomic E-state index is 11.9. The fourth-order valence-corrected chi connectivity index (χ4v) is 5.79. The second-order valence-corrected chi connectivity index (χ2v) is 9.41. The lowest BCUT2D eigenvalue weighted by Gasteiger charge is -2.44. The number of aldehydes is 1. The Balaban J connectivity index is 0.00000108. The summed E-state index contributed by atoms with van der Waals surface area (Å²) in [6.07, 6.45) is -2.26. The number of aliphatic hydroxyl groups is 5. The highest BCUT2D eigenvalue weighted by Gasteiger charge is 2.56. The average molecular weight is 501 g/mol. The van der Waals surface area contributed by atoms with Gasteiger partial charge in [-0.1, -0.05) is 13.0 Å². The molecule has 198 valence electrons. The molecule has 1 saturated heterocycles. The topological polar surface area (TPSA) is 183 Å². The fourth-order valence-electron chi connectivity index (χ4n) is 5.79. The number of hydrogen-bond acceptors (Lipinski definition) is 10. The van der Waals surface area contributed by atoms with Crippen molar-refractivity contribution in [2.24, 2.45) is 29.6 Å². The minimum absolute atomic E-state index is 0.0758. The number of aliphatic carboxylic acids is 1. The number of carbonyl (C=O) groups excluding carboxylic acids is 1. The van der Waals surface area contributed by atoms with Gasteiger partial charge in [-0.3, -0.25) is 4.79 Å². The van der Waals surface area contributed by atoms with Crippen molar-refractivity contribution in [2.45, 2.75) is 70.1 Å². The molecule has 2 aliphatic carbocycles. The second-order valence-electron chi connectivity index (χ2n) is 9.41. The lowest BCUT2D eigenvalue weighted by molar-refractivity contribution is -0.342. The SMILES string of the molecule is CCO.CC[C@@H]1C=C(C=O)[C@H]2C[C@@H]3C(C(=O)O)=CO[C@@H](O[C@@H]4O[C@H](CO)[C@@H](O)[C@H](O)[C@H]4O)[C@@H]3[C@H]2C1. The molecule has 0 spiro atoms. The minimum Gasteiger partial charge on any atom is -0.478 e. The Kier molecular flexibility index (Phi) is 9.44. The van der Waals surface area contributed by atoms with Crippen LogP contribution >= 0.6 is 0 Å². The van der Waals surface area contributed by atoms with E-state index in [1.165, 1.54) is 0 Å². The normalized spacial score (nSPS) is 42.3. The summed E-state index contributed by atoms with van der Waals surface area (Å²) >= 11 is 0. The highest BCUT2D eigenvalue weighted by atomic mass is 16.8. The zero-order valence-electron chi connectivity index (χ0n) is 19.8. The molecular weight excluding hydrogens is 464 g/mol. The Morgan fingerprint density at radius 1 is 1.09 bits per heavy atom. The molecule has 11 nitrogen and oxygen atoms in total. The van der Waals surface area contributed by atoms with Gasteiger partial charge in [-0.2, -0.15) is 0 Å². The summed E-state index contributed by atoms with van der Waals surface area (Å²) in [4.78, 5) is 23.6. The van der Waals surface area contributed by atoms with E-state index in [1.807, 2.05) is 13.0 Å². The Bertz CT molecular complexity index is 809. The zero-order chi connectivity index (χ0) is 25.9. The molecule has 0 unspecified atom stereocenters. The highest BCUT2D eigenvalue weighted by molar-refractivity contribution is 5.87. The van der Waals surface area contributed by atoms with Crippen LogP contribution in [0.3, 0.4) is 0 Å². The van der Waals surface area contributed by atoms with E-state index in [0.29, 0.717) is 12.0 Å². The van der Waals surface area contributed by atoms with Gasteiger partial charge in [0.2, 0.25) is 6.29 Å². The Hall–Kier alpha value is -1.86. The molecule has 6 N–H and O–H groups in total. The zero-order valence-corrected chi connectivity index (χ0v) is 19.8. The molecule has 11 atom stereocenters. The third-order valence-corrected chi connectivity index (χ3v) is 7.48. The van der Waals surface area contributed by atoms with Gasteiger partial charge in [-0.15, -0.1) is 0 Å². The minimum atomic E-state index is -1.60. The first-order chi connectivity index (χ1) is 16.7. The van der Waals surface area contributed by atoms with Crippen LogP contribution in [0.25, 0.3) is 0 Å². The van der Waals surface area contributed by atoms with Crippen LogP contribution < -0.4 is 0 Å². The lowest BCUT2D eigenvalue weighted by atomic mass is 9.72. The van der Waals surface area contributed by atoms with E-state index in [4.69, 9.17) is 19.3 Å². The first-order valence-corrected chi connectivity index (χ1v) is 12.0. The molecule has 0 radical (unpaired) electrons. The van der Waals surface area contributed by atoms with Gasteiger partial charge in [-0.25, -0.2) is 4.79 Å². The van der Waals surface area contributed by atoms with Gasteiger partial charge in [0.15, 0.2) is 6.29 Å². The number of allylic oxidation sites excluding steroid dienone is 2. The first kappa shape index (κ1) is 27.7. The summed E-state index contributed by atoms with van der Waals surface area (Å²) in [6, 6.07) is 0. The number of carboxylic acid groups (broad SMARTS) is 1. The van der Waals surface area contributed by atoms with Crippen LogP contribution in [0.5, 0.6) is 0 Å². The molecule has 4 aliphatic rings. The van der Waals surface area contributed by atoms with Gasteiger partial charge >= 0.3 is 5.97 Å². The number of fused-ring (bicyclic) bond motifs is 3. The number of carboxylic acids is 1. The summed E-state index contributed by atoms with van der Waals surface area (Å²) in [5.41, 5.74) is 0.773. The number of hydrogen-bond donors (Lipinski definition) is 6. The second kappa shape index (κ2) is 11.9. The lowest BCUT2D eigenvalue weighted by Crippen LogP contribution is -2.60. The van der Waals surface area contributed by atoms with Crippen molar-refractivity contribution in [3.8, 4) is 0 Å². The Morgan fingerprint density at radius 3 is 2.34 bits per heavy atom. The molecule has 0 aromatic carbocycles. The molecule has 1 saturated carbocycles. The van der Waals surface area contributed by atoms with E-state index in [2.05, 4.69) is 0 Å². The molecule has 2 heterocycles. The summed E-state index contributed by atoms with van der Waals surface area (Å²) < 4.78 is 17.0. The summed E-state index contributed by atoms with van der Waals surface area (Å²) in [5, 5.41) is 57.1. The fraction of sp³-hybridized carbons (Fsp3) is 0.750. The molecular formula is C24H36O11. The van der Waals surface area contributed by atoms with Crippen molar-refractivity contribution >= 4 is 12.3 Å². The van der Waals surface area contributed by atoms with Crippen molar-refractivity contribution in [1.82, 2.24) is 0 Å². The molecule has 2 fully saturated rings. The summed E-state index contributed by atoms with van der Waals surface area (Å²) in [7, 11) is 0. The average Bonchev–Trinajstić information content (AvgIpc) is 3.23. The summed E-state index contributed by atoms with van der Waals surface area (Å²) in [6.45, 7) is 3.36. The van der Waals surface area contributed by atoms with E-state index in [-0.39, 0.29) is 29.9 Å². The number of ether oxygens (including phenoxy) is 3. The van der Waals surface area contributed by atoms with Gasteiger partial charge in [0.25, 0.3) is 0 Å². The Morgan fingerprint density at radius 2 is 1.77 bits per heavy atom. The number of carbonyl (C=O) groups is 2. The van der Waals surface area contributed by atoms with Crippen molar-refractivity contribution in [3.63, 3.8) is 0 Å². The van der Waals surface area contributed by atoms with Gasteiger partial charge in [0, 0.05) is 18.4 Å². The standard InChI is InChI=1S/C22H30O10.C2H6O/c1-2-9-3-10(6-23)11-5-13-14(20(28)29)8-30-21(16(13)12(11)4-9)32-22-19(27)18(26)17(25)15(7-24)31-22;1-2-3/h3,6,8-9,11-13,15-19,21-22,24-27H,2,4-5,7H2,1H3,(H,28,29);3H,2H2,1H3/t9-,11-,12+,13-,15-,16-,17-,18+,19-,21+,22+;/m1./s1. The van der Waals surface area contributed by atoms with E-state index in [9.17, 15) is 35.1 Å². The van der Waals surface area contributed by atoms with Crippen LogP contribution in [-0.4, -0.2) is 93.1 Å². The Labute approximate surface area is 203 Å². The molecule has 35 heavy (non-hydrogen) atoms. The van der Waals surface area contributed by atoms with Crippen molar-refractivity contribution in [1.29, 1.82) is 0 Å². The van der Waals surface area contributed by atoms with Gasteiger partial charge in [-0.05, 0) is 49.5 Å². The maximum Gasteiger partial charge on any atom is 0.334 e. The number of rotatable bonds is 6. The van der Waals surface area contributed by atoms with Gasteiger partial charge < -0.3 is 44.8 Å². The summed E-state index contributed by atoms with van der Waals surface area (Å²) in [5.74, 6) is -1.98. The van der Waals surface area contributed by atoms with Crippen LogP contribution in [-0.2, 0) is 23.8 Å². The third-order valence-electron chi connectivity index (χ3n) is 7.48. The first-order valence-electron chi connectivity index (χ1n) is 12.0. The highest BCUT2D eigenvalue weighted by Crippen LogP contribution is 2.56. The van der Waals surface area contributed by atoms with Gasteiger partial charge in [0.1, 0.15) is 30.7 Å². The monoisotopic (exact) mass is 500 g/mol. The molecule has 0 amide bonds. The largest absolute Gasteiger partial charge is 0.478 e. The van der Waals surface area contributed by atoms with Crippen LogP contribution in [0.4, 0.5) is 0 Å². The quantitative estimate of drug-likeness (QED) is 0.260. The van der Waals surface area contributed by atoms with E-state index in [0.717, 1.165) is 25.4 Å². The van der Waals surface area contributed by atoms with Gasteiger partial charge in [0.05, 0.1) is 18.4 Å². The van der Waals surface area contributed by atoms with Crippen LogP contribution in [0.2, 0.25) is 0 Å². The maximum absolute atomic E-state index is 11.9. The van der Waals surface area contributed by atoms with E-state index >= 15 is 0 Å². The van der Waals surface area contributed by atoms with Crippen LogP contribution in [0.1, 0.15) is 33.1 Å². The van der Waals surface area contributed by atoms with E-state index < -0.39 is 61.4 Å². The van der Waals surface area contributed by atoms with Crippen molar-refractivity contribution in [3.05, 3.63) is 23.5 Å². The molecule has 0 aromatic rings. The van der Waals surface area contributed by atoms with Crippen LogP contribution in [0, 0.1) is 29.6 Å². The van der Waals surface area contributed by atoms with E-state index in [1.54, 1.807) is 6.92 Å². The molecule has 11 heteroatoms. The predicted molar refractivity (Wildman–Crippen MR) is 119 cm³/mol.